The van der Waals surface area contributed by atoms with Gasteiger partial charge in [-0.15, -0.1) is 0 Å². The van der Waals surface area contributed by atoms with Crippen molar-refractivity contribution in [3.05, 3.63) is 18.3 Å². The zero-order valence-electron chi connectivity index (χ0n) is 8.39. The van der Waals surface area contributed by atoms with E-state index in [1.807, 2.05) is 0 Å². The minimum atomic E-state index is 0.0530. The summed E-state index contributed by atoms with van der Waals surface area (Å²) in [4.78, 5) is 8.17. The molecule has 2 aromatic rings. The van der Waals surface area contributed by atoms with Crippen LogP contribution in [0.5, 0.6) is 17.4 Å². The fourth-order valence-corrected chi connectivity index (χ4v) is 1.32. The normalized spacial score (nSPS) is 10.3. The molecular formula is C10H10N2O3. The topological polar surface area (TPSA) is 64.5 Å². The standard InChI is InChI=1S/C10H10N2O3/c1-14-7-5-8(15-2)12-9-6(13)3-4-11-10(7)9/h3-5H,1-2H3,(H,11,13). The van der Waals surface area contributed by atoms with Gasteiger partial charge < -0.3 is 14.6 Å². The molecule has 78 valence electrons. The summed E-state index contributed by atoms with van der Waals surface area (Å²) < 4.78 is 10.1. The van der Waals surface area contributed by atoms with Crippen LogP contribution in [-0.2, 0) is 0 Å². The van der Waals surface area contributed by atoms with Crippen molar-refractivity contribution in [2.75, 3.05) is 14.2 Å². The van der Waals surface area contributed by atoms with E-state index in [-0.39, 0.29) is 5.75 Å². The molecule has 0 saturated heterocycles. The van der Waals surface area contributed by atoms with E-state index in [0.29, 0.717) is 22.7 Å². The highest BCUT2D eigenvalue weighted by Crippen LogP contribution is 2.30. The Labute approximate surface area is 86.3 Å². The lowest BCUT2D eigenvalue weighted by molar-refractivity contribution is 0.385. The van der Waals surface area contributed by atoms with Gasteiger partial charge in [0.15, 0.2) is 5.75 Å². The van der Waals surface area contributed by atoms with Crippen molar-refractivity contribution in [1.29, 1.82) is 0 Å². The number of methoxy groups -OCH3 is 2. The molecule has 1 N–H and O–H groups in total. The average molecular weight is 206 g/mol. The van der Waals surface area contributed by atoms with Crippen LogP contribution in [0.4, 0.5) is 0 Å². The van der Waals surface area contributed by atoms with Gasteiger partial charge in [0.25, 0.3) is 0 Å². The summed E-state index contributed by atoms with van der Waals surface area (Å²) in [6, 6.07) is 3.09. The number of aromatic nitrogens is 2. The van der Waals surface area contributed by atoms with Gasteiger partial charge in [-0.2, -0.15) is 0 Å². The van der Waals surface area contributed by atoms with E-state index in [9.17, 15) is 5.11 Å². The fourth-order valence-electron chi connectivity index (χ4n) is 1.32. The monoisotopic (exact) mass is 206 g/mol. The molecule has 0 aliphatic heterocycles. The Bertz CT molecular complexity index is 499. The Morgan fingerprint density at radius 2 is 2.00 bits per heavy atom. The number of aromatic hydroxyl groups is 1. The van der Waals surface area contributed by atoms with Crippen LogP contribution in [0, 0.1) is 0 Å². The van der Waals surface area contributed by atoms with E-state index in [1.165, 1.54) is 26.5 Å². The minimum Gasteiger partial charge on any atom is -0.506 e. The summed E-state index contributed by atoms with van der Waals surface area (Å²) in [5, 5.41) is 9.60. The van der Waals surface area contributed by atoms with Gasteiger partial charge in [-0.1, -0.05) is 0 Å². The molecule has 0 unspecified atom stereocenters. The number of rotatable bonds is 2. The first-order valence-electron chi connectivity index (χ1n) is 4.33. The van der Waals surface area contributed by atoms with Crippen molar-refractivity contribution in [3.8, 4) is 17.4 Å². The number of ether oxygens (including phenoxy) is 2. The smallest absolute Gasteiger partial charge is 0.217 e. The van der Waals surface area contributed by atoms with Crippen LogP contribution >= 0.6 is 0 Å². The maximum atomic E-state index is 9.60. The van der Waals surface area contributed by atoms with E-state index in [2.05, 4.69) is 9.97 Å². The minimum absolute atomic E-state index is 0.0530. The lowest BCUT2D eigenvalue weighted by atomic mass is 10.3. The maximum absolute atomic E-state index is 9.60. The van der Waals surface area contributed by atoms with Gasteiger partial charge in [0.2, 0.25) is 5.88 Å². The first-order valence-corrected chi connectivity index (χ1v) is 4.33. The Hall–Kier alpha value is -2.04. The van der Waals surface area contributed by atoms with Crippen LogP contribution < -0.4 is 9.47 Å². The van der Waals surface area contributed by atoms with Crippen molar-refractivity contribution in [1.82, 2.24) is 9.97 Å². The number of nitrogens with zero attached hydrogens (tertiary/aromatic N) is 2. The van der Waals surface area contributed by atoms with Gasteiger partial charge >= 0.3 is 0 Å². The molecule has 5 nitrogen and oxygen atoms in total. The Morgan fingerprint density at radius 3 is 2.67 bits per heavy atom. The zero-order valence-corrected chi connectivity index (χ0v) is 8.39. The van der Waals surface area contributed by atoms with Gasteiger partial charge in [-0.05, 0) is 0 Å². The molecular weight excluding hydrogens is 196 g/mol. The molecule has 0 radical (unpaired) electrons. The number of fused-ring (bicyclic) bond motifs is 1. The summed E-state index contributed by atoms with van der Waals surface area (Å²) in [5.74, 6) is 0.951. The lowest BCUT2D eigenvalue weighted by Gasteiger charge is -2.07. The largest absolute Gasteiger partial charge is 0.506 e. The van der Waals surface area contributed by atoms with Crippen LogP contribution in [0.3, 0.4) is 0 Å². The van der Waals surface area contributed by atoms with Crippen LogP contribution in [0.15, 0.2) is 18.3 Å². The molecule has 0 aliphatic carbocycles. The molecule has 2 aromatic heterocycles. The molecule has 0 amide bonds. The lowest BCUT2D eigenvalue weighted by Crippen LogP contribution is -1.94. The average Bonchev–Trinajstić information content (AvgIpc) is 2.28. The summed E-state index contributed by atoms with van der Waals surface area (Å²) in [5.41, 5.74) is 0.881. The van der Waals surface area contributed by atoms with E-state index < -0.39 is 0 Å². The van der Waals surface area contributed by atoms with Crippen LogP contribution in [0.1, 0.15) is 0 Å². The molecule has 2 heterocycles. The summed E-state index contributed by atoms with van der Waals surface area (Å²) in [7, 11) is 3.03. The second-order valence-electron chi connectivity index (χ2n) is 2.89. The molecule has 15 heavy (non-hydrogen) atoms. The van der Waals surface area contributed by atoms with Gasteiger partial charge in [0.05, 0.1) is 14.2 Å². The third kappa shape index (κ3) is 1.52. The van der Waals surface area contributed by atoms with Gasteiger partial charge in [0.1, 0.15) is 16.8 Å². The summed E-state index contributed by atoms with van der Waals surface area (Å²) >= 11 is 0. The highest BCUT2D eigenvalue weighted by molar-refractivity contribution is 5.86. The first-order chi connectivity index (χ1) is 7.26. The Morgan fingerprint density at radius 1 is 1.20 bits per heavy atom. The number of hydrogen-bond donors (Lipinski definition) is 1. The van der Waals surface area contributed by atoms with Crippen molar-refractivity contribution < 1.29 is 14.6 Å². The molecule has 0 spiro atoms. The quantitative estimate of drug-likeness (QED) is 0.803. The molecule has 0 aromatic carbocycles. The molecule has 0 atom stereocenters. The summed E-state index contributed by atoms with van der Waals surface area (Å²) in [6.45, 7) is 0. The van der Waals surface area contributed by atoms with Gasteiger partial charge in [-0.3, -0.25) is 4.98 Å². The van der Waals surface area contributed by atoms with Crippen molar-refractivity contribution in [2.24, 2.45) is 0 Å². The van der Waals surface area contributed by atoms with Crippen molar-refractivity contribution >= 4 is 11.0 Å². The predicted octanol–water partition coefficient (Wildman–Crippen LogP) is 1.35. The summed E-state index contributed by atoms with van der Waals surface area (Å²) in [6.07, 6.45) is 1.49. The predicted molar refractivity (Wildman–Crippen MR) is 54.3 cm³/mol. The first kappa shape index (κ1) is 9.51. The number of pyridine rings is 2. The van der Waals surface area contributed by atoms with Crippen molar-refractivity contribution in [2.45, 2.75) is 0 Å². The van der Waals surface area contributed by atoms with E-state index in [1.54, 1.807) is 6.07 Å². The third-order valence-electron chi connectivity index (χ3n) is 2.04. The fraction of sp³-hybridized carbons (Fsp3) is 0.200. The van der Waals surface area contributed by atoms with E-state index in [0.717, 1.165) is 0 Å². The molecule has 5 heteroatoms. The van der Waals surface area contributed by atoms with Crippen molar-refractivity contribution in [3.63, 3.8) is 0 Å². The second-order valence-corrected chi connectivity index (χ2v) is 2.89. The van der Waals surface area contributed by atoms with Gasteiger partial charge in [-0.25, -0.2) is 4.98 Å². The maximum Gasteiger partial charge on any atom is 0.217 e. The Balaban J connectivity index is 2.80. The highest BCUT2D eigenvalue weighted by atomic mass is 16.5. The molecule has 0 aliphatic rings. The van der Waals surface area contributed by atoms with Gasteiger partial charge in [0, 0.05) is 18.3 Å². The second kappa shape index (κ2) is 3.61. The SMILES string of the molecule is COc1cc(OC)c2nccc(O)c2n1. The third-order valence-corrected chi connectivity index (χ3v) is 2.04. The molecule has 2 rings (SSSR count). The Kier molecular flexibility index (Phi) is 2.29. The molecule has 0 bridgehead atoms. The van der Waals surface area contributed by atoms with Crippen LogP contribution in [0.2, 0.25) is 0 Å². The van der Waals surface area contributed by atoms with E-state index in [4.69, 9.17) is 9.47 Å². The number of hydrogen-bond acceptors (Lipinski definition) is 5. The van der Waals surface area contributed by atoms with Crippen LogP contribution in [0.25, 0.3) is 11.0 Å². The van der Waals surface area contributed by atoms with Crippen LogP contribution in [-0.4, -0.2) is 29.3 Å². The molecule has 0 saturated carbocycles. The van der Waals surface area contributed by atoms with E-state index >= 15 is 0 Å². The zero-order chi connectivity index (χ0) is 10.8. The highest BCUT2D eigenvalue weighted by Gasteiger charge is 2.10. The molecule has 0 fully saturated rings.